The molecule has 0 fully saturated rings. The molecule has 3 rings (SSSR count). The van der Waals surface area contributed by atoms with Crippen LogP contribution in [0.5, 0.6) is 5.75 Å². The molecule has 0 aliphatic heterocycles. The highest BCUT2D eigenvalue weighted by molar-refractivity contribution is 5.98. The third-order valence-corrected chi connectivity index (χ3v) is 4.06. The van der Waals surface area contributed by atoms with E-state index in [4.69, 9.17) is 16.2 Å². The van der Waals surface area contributed by atoms with Gasteiger partial charge in [-0.15, -0.1) is 0 Å². The third-order valence-electron chi connectivity index (χ3n) is 4.06. The lowest BCUT2D eigenvalue weighted by molar-refractivity contribution is 0.100. The minimum absolute atomic E-state index is 0.203. The number of amides is 1. The zero-order valence-corrected chi connectivity index (χ0v) is 16.1. The Labute approximate surface area is 169 Å². The van der Waals surface area contributed by atoms with E-state index in [1.807, 2.05) is 61.5 Å². The number of carbonyl (C=O) groups excluding carboxylic acids is 1. The summed E-state index contributed by atoms with van der Waals surface area (Å²) >= 11 is 0. The van der Waals surface area contributed by atoms with Gasteiger partial charge in [-0.2, -0.15) is 4.98 Å². The number of nitrogens with one attached hydrogen (secondary N) is 2. The van der Waals surface area contributed by atoms with Crippen LogP contribution in [-0.2, 0) is 0 Å². The second kappa shape index (κ2) is 9.52. The number of para-hydroxylation sites is 1. The second-order valence-electron chi connectivity index (χ2n) is 6.58. The molecule has 6 N–H and O–H groups in total. The standard InChI is InChI=1S/C21H24N6O2/c1-14-6-5-7-16(10-14)26-20-18(19(23)28)12-25-21(27-20)24-11-15(22)13-29-17-8-3-2-4-9-17/h2-10,12,15H,11,13,22H2,1H3,(H2,23,28)(H2,24,25,26,27). The summed E-state index contributed by atoms with van der Waals surface area (Å²) in [5.41, 5.74) is 13.6. The molecule has 1 heterocycles. The van der Waals surface area contributed by atoms with Crippen LogP contribution in [0.15, 0.2) is 60.8 Å². The van der Waals surface area contributed by atoms with Crippen molar-refractivity contribution in [2.45, 2.75) is 13.0 Å². The van der Waals surface area contributed by atoms with E-state index in [0.29, 0.717) is 24.9 Å². The number of aryl methyl sites for hydroxylation is 1. The molecule has 0 bridgehead atoms. The number of anilines is 3. The van der Waals surface area contributed by atoms with Crippen LogP contribution < -0.4 is 26.8 Å². The highest BCUT2D eigenvalue weighted by Gasteiger charge is 2.13. The monoisotopic (exact) mass is 392 g/mol. The Balaban J connectivity index is 1.64. The van der Waals surface area contributed by atoms with Gasteiger partial charge in [0, 0.05) is 18.4 Å². The summed E-state index contributed by atoms with van der Waals surface area (Å²) in [4.78, 5) is 20.3. The van der Waals surface area contributed by atoms with E-state index in [2.05, 4.69) is 20.6 Å². The van der Waals surface area contributed by atoms with Gasteiger partial charge in [0.05, 0.1) is 6.04 Å². The smallest absolute Gasteiger partial charge is 0.254 e. The maximum absolute atomic E-state index is 11.7. The van der Waals surface area contributed by atoms with Crippen molar-refractivity contribution < 1.29 is 9.53 Å². The summed E-state index contributed by atoms with van der Waals surface area (Å²) in [6.07, 6.45) is 1.39. The van der Waals surface area contributed by atoms with Gasteiger partial charge < -0.3 is 26.8 Å². The Hall–Kier alpha value is -3.65. The van der Waals surface area contributed by atoms with E-state index in [9.17, 15) is 4.79 Å². The highest BCUT2D eigenvalue weighted by Crippen LogP contribution is 2.20. The first-order chi connectivity index (χ1) is 14.0. The molecule has 1 atom stereocenters. The van der Waals surface area contributed by atoms with Crippen molar-refractivity contribution in [3.63, 3.8) is 0 Å². The largest absolute Gasteiger partial charge is 0.492 e. The lowest BCUT2D eigenvalue weighted by atomic mass is 10.2. The predicted octanol–water partition coefficient (Wildman–Crippen LogP) is 2.45. The molecular weight excluding hydrogens is 368 g/mol. The molecule has 0 spiro atoms. The van der Waals surface area contributed by atoms with E-state index >= 15 is 0 Å². The van der Waals surface area contributed by atoms with Gasteiger partial charge in [-0.1, -0.05) is 30.3 Å². The van der Waals surface area contributed by atoms with Crippen LogP contribution in [0.3, 0.4) is 0 Å². The molecule has 29 heavy (non-hydrogen) atoms. The molecule has 150 valence electrons. The third kappa shape index (κ3) is 5.91. The normalized spacial score (nSPS) is 11.5. The zero-order valence-electron chi connectivity index (χ0n) is 16.1. The summed E-state index contributed by atoms with van der Waals surface area (Å²) in [5.74, 6) is 0.810. The number of nitrogens with two attached hydrogens (primary N) is 2. The van der Waals surface area contributed by atoms with Crippen LogP contribution in [0, 0.1) is 6.92 Å². The van der Waals surface area contributed by atoms with Gasteiger partial charge >= 0.3 is 0 Å². The molecular formula is C21H24N6O2. The number of rotatable bonds is 9. The van der Waals surface area contributed by atoms with Crippen molar-refractivity contribution in [3.8, 4) is 5.75 Å². The van der Waals surface area contributed by atoms with Gasteiger partial charge in [-0.25, -0.2) is 4.98 Å². The molecule has 0 aliphatic rings. The molecule has 2 aromatic carbocycles. The van der Waals surface area contributed by atoms with E-state index in [-0.39, 0.29) is 11.6 Å². The molecule has 0 radical (unpaired) electrons. The molecule has 0 saturated heterocycles. The fourth-order valence-electron chi connectivity index (χ4n) is 2.60. The molecule has 3 aromatic rings. The summed E-state index contributed by atoms with van der Waals surface area (Å²) in [6.45, 7) is 2.71. The van der Waals surface area contributed by atoms with Crippen molar-refractivity contribution in [2.24, 2.45) is 11.5 Å². The van der Waals surface area contributed by atoms with E-state index in [1.54, 1.807) is 0 Å². The van der Waals surface area contributed by atoms with E-state index in [0.717, 1.165) is 17.0 Å². The Morgan fingerprint density at radius 3 is 2.69 bits per heavy atom. The van der Waals surface area contributed by atoms with Crippen molar-refractivity contribution in [1.29, 1.82) is 0 Å². The second-order valence-corrected chi connectivity index (χ2v) is 6.58. The Kier molecular flexibility index (Phi) is 6.59. The first-order valence-corrected chi connectivity index (χ1v) is 9.19. The molecule has 8 heteroatoms. The molecule has 0 aliphatic carbocycles. The predicted molar refractivity (Wildman–Crippen MR) is 113 cm³/mol. The number of ether oxygens (including phenoxy) is 1. The van der Waals surface area contributed by atoms with Crippen molar-refractivity contribution >= 4 is 23.4 Å². The number of aromatic nitrogens is 2. The number of nitrogens with zero attached hydrogens (tertiary/aromatic N) is 2. The minimum Gasteiger partial charge on any atom is -0.492 e. The number of primary amides is 1. The quantitative estimate of drug-likeness (QED) is 0.440. The lowest BCUT2D eigenvalue weighted by Gasteiger charge is -2.15. The van der Waals surface area contributed by atoms with E-state index in [1.165, 1.54) is 6.20 Å². The Morgan fingerprint density at radius 2 is 1.97 bits per heavy atom. The molecule has 1 aromatic heterocycles. The topological polar surface area (TPSA) is 128 Å². The summed E-state index contributed by atoms with van der Waals surface area (Å²) in [5, 5.41) is 6.19. The fraction of sp³-hybridized carbons (Fsp3) is 0.190. The van der Waals surface area contributed by atoms with Crippen LogP contribution in [-0.4, -0.2) is 35.1 Å². The summed E-state index contributed by atoms with van der Waals surface area (Å²) in [7, 11) is 0. The highest BCUT2D eigenvalue weighted by atomic mass is 16.5. The van der Waals surface area contributed by atoms with E-state index < -0.39 is 5.91 Å². The van der Waals surface area contributed by atoms with Crippen molar-refractivity contribution in [2.75, 3.05) is 23.8 Å². The minimum atomic E-state index is -0.611. The van der Waals surface area contributed by atoms with Crippen LogP contribution in [0.25, 0.3) is 0 Å². The SMILES string of the molecule is Cc1cccc(Nc2nc(NCC(N)COc3ccccc3)ncc2C(N)=O)c1. The maximum Gasteiger partial charge on any atom is 0.254 e. The van der Waals surface area contributed by atoms with Crippen molar-refractivity contribution in [1.82, 2.24) is 9.97 Å². The average Bonchev–Trinajstić information content (AvgIpc) is 2.71. The van der Waals surface area contributed by atoms with Crippen LogP contribution in [0.4, 0.5) is 17.5 Å². The molecule has 1 amide bonds. The lowest BCUT2D eigenvalue weighted by Crippen LogP contribution is -2.35. The van der Waals surface area contributed by atoms with Crippen LogP contribution >= 0.6 is 0 Å². The van der Waals surface area contributed by atoms with Gasteiger partial charge in [0.2, 0.25) is 5.95 Å². The van der Waals surface area contributed by atoms with Gasteiger partial charge in [-0.05, 0) is 36.8 Å². The number of benzene rings is 2. The maximum atomic E-state index is 11.7. The van der Waals surface area contributed by atoms with Crippen LogP contribution in [0.1, 0.15) is 15.9 Å². The summed E-state index contributed by atoms with van der Waals surface area (Å²) in [6, 6.07) is 16.9. The molecule has 8 nitrogen and oxygen atoms in total. The Morgan fingerprint density at radius 1 is 1.17 bits per heavy atom. The van der Waals surface area contributed by atoms with Crippen molar-refractivity contribution in [3.05, 3.63) is 71.9 Å². The molecule has 1 unspecified atom stereocenters. The Bertz CT molecular complexity index is 964. The van der Waals surface area contributed by atoms with Gasteiger partial charge in [-0.3, -0.25) is 4.79 Å². The number of hydrogen-bond acceptors (Lipinski definition) is 7. The number of hydrogen-bond donors (Lipinski definition) is 4. The summed E-state index contributed by atoms with van der Waals surface area (Å²) < 4.78 is 5.64. The zero-order chi connectivity index (χ0) is 20.6. The van der Waals surface area contributed by atoms with Gasteiger partial charge in [0.1, 0.15) is 23.7 Å². The average molecular weight is 392 g/mol. The fourth-order valence-corrected chi connectivity index (χ4v) is 2.60. The first kappa shape index (κ1) is 20.1. The number of carbonyl (C=O) groups is 1. The molecule has 0 saturated carbocycles. The van der Waals surface area contributed by atoms with Gasteiger partial charge in [0.25, 0.3) is 5.91 Å². The first-order valence-electron chi connectivity index (χ1n) is 9.19. The van der Waals surface area contributed by atoms with Gasteiger partial charge in [0.15, 0.2) is 0 Å². The van der Waals surface area contributed by atoms with Crippen LogP contribution in [0.2, 0.25) is 0 Å².